The molecule has 0 atom stereocenters. The molecule has 2 amide bonds. The predicted octanol–water partition coefficient (Wildman–Crippen LogP) is 2.45. The molecule has 2 aromatic rings. The molecule has 27 heavy (non-hydrogen) atoms. The third-order valence-electron chi connectivity index (χ3n) is 4.34. The monoisotopic (exact) mass is 375 g/mol. The lowest BCUT2D eigenvalue weighted by Gasteiger charge is -2.19. The van der Waals surface area contributed by atoms with E-state index >= 15 is 0 Å². The van der Waals surface area contributed by atoms with Crippen LogP contribution in [-0.2, 0) is 16.1 Å². The Kier molecular flexibility index (Phi) is 8.06. The van der Waals surface area contributed by atoms with Gasteiger partial charge >= 0.3 is 6.09 Å². The largest absolute Gasteiger partial charge is 0.450 e. The highest BCUT2D eigenvalue weighted by Crippen LogP contribution is 2.19. The number of imidazole rings is 1. The first-order chi connectivity index (χ1) is 13.1. The molecule has 1 heterocycles. The Hall–Kier alpha value is -2.61. The molecule has 0 saturated carbocycles. The zero-order chi connectivity index (χ0) is 19.6. The summed E-state index contributed by atoms with van der Waals surface area (Å²) in [6, 6.07) is 7.83. The standard InChI is InChI=1S/C19H29N5O3/c1-4-23(5-2)13-14-24-16-10-8-7-9-15(16)21-18(24)22-17(25)11-12-20-19(26)27-6-3/h7-10H,4-6,11-14H2,1-3H3,(H,20,26)(H,21,22,25). The van der Waals surface area contributed by atoms with Crippen LogP contribution in [0.5, 0.6) is 0 Å². The van der Waals surface area contributed by atoms with Crippen LogP contribution in [0.25, 0.3) is 11.0 Å². The number of amides is 2. The smallest absolute Gasteiger partial charge is 0.407 e. The molecular formula is C19H29N5O3. The Morgan fingerprint density at radius 1 is 1.19 bits per heavy atom. The number of para-hydroxylation sites is 2. The molecular weight excluding hydrogens is 346 g/mol. The highest BCUT2D eigenvalue weighted by Gasteiger charge is 2.14. The van der Waals surface area contributed by atoms with Gasteiger partial charge in [-0.3, -0.25) is 10.1 Å². The summed E-state index contributed by atoms with van der Waals surface area (Å²) in [5.41, 5.74) is 1.83. The maximum Gasteiger partial charge on any atom is 0.407 e. The van der Waals surface area contributed by atoms with Crippen molar-refractivity contribution < 1.29 is 14.3 Å². The number of carbonyl (C=O) groups excluding carboxylic acids is 2. The van der Waals surface area contributed by atoms with Crippen LogP contribution in [-0.4, -0.2) is 59.2 Å². The molecule has 0 spiro atoms. The number of carbonyl (C=O) groups is 2. The second kappa shape index (κ2) is 10.5. The van der Waals surface area contributed by atoms with Crippen LogP contribution in [0, 0.1) is 0 Å². The summed E-state index contributed by atoms with van der Waals surface area (Å²) in [7, 11) is 0. The number of aromatic nitrogens is 2. The Morgan fingerprint density at radius 3 is 2.63 bits per heavy atom. The van der Waals surface area contributed by atoms with Crippen molar-refractivity contribution in [1.82, 2.24) is 19.8 Å². The molecule has 1 aromatic carbocycles. The summed E-state index contributed by atoms with van der Waals surface area (Å²) in [5.74, 6) is 0.329. The number of rotatable bonds is 10. The summed E-state index contributed by atoms with van der Waals surface area (Å²) in [5, 5.41) is 5.41. The van der Waals surface area contributed by atoms with Crippen molar-refractivity contribution in [1.29, 1.82) is 0 Å². The minimum atomic E-state index is -0.517. The number of ether oxygens (including phenoxy) is 1. The molecule has 0 bridgehead atoms. The van der Waals surface area contributed by atoms with Crippen molar-refractivity contribution in [3.05, 3.63) is 24.3 Å². The molecule has 0 saturated heterocycles. The molecule has 1 aromatic heterocycles. The Morgan fingerprint density at radius 2 is 1.93 bits per heavy atom. The maximum absolute atomic E-state index is 12.3. The van der Waals surface area contributed by atoms with Crippen LogP contribution in [0.4, 0.5) is 10.7 Å². The quantitative estimate of drug-likeness (QED) is 0.666. The van der Waals surface area contributed by atoms with Crippen LogP contribution in [0.15, 0.2) is 24.3 Å². The van der Waals surface area contributed by atoms with E-state index in [1.807, 2.05) is 28.8 Å². The Labute approximate surface area is 159 Å². The van der Waals surface area contributed by atoms with Crippen LogP contribution >= 0.6 is 0 Å². The average molecular weight is 375 g/mol. The number of hydrogen-bond acceptors (Lipinski definition) is 5. The third-order valence-corrected chi connectivity index (χ3v) is 4.34. The average Bonchev–Trinajstić information content (AvgIpc) is 3.00. The van der Waals surface area contributed by atoms with E-state index in [1.54, 1.807) is 6.92 Å². The lowest BCUT2D eigenvalue weighted by Crippen LogP contribution is -2.29. The molecule has 2 N–H and O–H groups in total. The van der Waals surface area contributed by atoms with Gasteiger partial charge in [0.05, 0.1) is 17.6 Å². The summed E-state index contributed by atoms with van der Waals surface area (Å²) >= 11 is 0. The van der Waals surface area contributed by atoms with Gasteiger partial charge in [0.25, 0.3) is 0 Å². The fraction of sp³-hybridized carbons (Fsp3) is 0.526. The number of hydrogen-bond donors (Lipinski definition) is 2. The summed E-state index contributed by atoms with van der Waals surface area (Å²) in [6.07, 6.45) is -0.366. The van der Waals surface area contributed by atoms with E-state index in [0.717, 1.165) is 37.2 Å². The number of nitrogens with zero attached hydrogens (tertiary/aromatic N) is 3. The Bertz CT molecular complexity index is 755. The van der Waals surface area contributed by atoms with Crippen molar-refractivity contribution in [2.75, 3.05) is 38.1 Å². The number of fused-ring (bicyclic) bond motifs is 1. The van der Waals surface area contributed by atoms with E-state index in [2.05, 4.69) is 34.4 Å². The second-order valence-corrected chi connectivity index (χ2v) is 6.05. The van der Waals surface area contributed by atoms with Crippen molar-refractivity contribution in [2.45, 2.75) is 33.7 Å². The molecule has 0 fully saturated rings. The summed E-state index contributed by atoms with van der Waals surface area (Å²) in [6.45, 7) is 10.1. The van der Waals surface area contributed by atoms with Crippen molar-refractivity contribution in [3.8, 4) is 0 Å². The normalized spacial score (nSPS) is 11.0. The van der Waals surface area contributed by atoms with Crippen molar-refractivity contribution in [2.24, 2.45) is 0 Å². The molecule has 0 radical (unpaired) electrons. The number of likely N-dealkylation sites (N-methyl/N-ethyl adjacent to an activating group) is 1. The molecule has 0 aliphatic heterocycles. The molecule has 148 valence electrons. The highest BCUT2D eigenvalue weighted by atomic mass is 16.5. The third kappa shape index (κ3) is 5.96. The van der Waals surface area contributed by atoms with Gasteiger partial charge in [-0.1, -0.05) is 26.0 Å². The lowest BCUT2D eigenvalue weighted by atomic mass is 10.3. The molecule has 0 aliphatic rings. The van der Waals surface area contributed by atoms with E-state index in [9.17, 15) is 9.59 Å². The van der Waals surface area contributed by atoms with Crippen LogP contribution < -0.4 is 10.6 Å². The van der Waals surface area contributed by atoms with Gasteiger partial charge in [-0.25, -0.2) is 9.78 Å². The first-order valence-electron chi connectivity index (χ1n) is 9.47. The molecule has 0 aliphatic carbocycles. The first-order valence-corrected chi connectivity index (χ1v) is 9.47. The highest BCUT2D eigenvalue weighted by molar-refractivity contribution is 5.91. The van der Waals surface area contributed by atoms with Gasteiger partial charge in [-0.2, -0.15) is 0 Å². The number of benzene rings is 1. The van der Waals surface area contributed by atoms with Crippen molar-refractivity contribution in [3.63, 3.8) is 0 Å². The number of nitrogens with one attached hydrogen (secondary N) is 2. The minimum Gasteiger partial charge on any atom is -0.450 e. The van der Waals surface area contributed by atoms with Gasteiger partial charge in [-0.15, -0.1) is 0 Å². The van der Waals surface area contributed by atoms with Gasteiger partial charge in [0.2, 0.25) is 11.9 Å². The fourth-order valence-electron chi connectivity index (χ4n) is 2.83. The fourth-order valence-corrected chi connectivity index (χ4v) is 2.83. The zero-order valence-corrected chi connectivity index (χ0v) is 16.3. The minimum absolute atomic E-state index is 0.151. The van der Waals surface area contributed by atoms with Crippen molar-refractivity contribution >= 4 is 29.0 Å². The van der Waals surface area contributed by atoms with Gasteiger partial charge in [0, 0.05) is 26.1 Å². The molecule has 2 rings (SSSR count). The summed E-state index contributed by atoms with van der Waals surface area (Å²) in [4.78, 5) is 30.4. The number of anilines is 1. The van der Waals surface area contributed by atoms with E-state index < -0.39 is 6.09 Å². The van der Waals surface area contributed by atoms with Gasteiger partial charge in [0.15, 0.2) is 0 Å². The van der Waals surface area contributed by atoms with Crippen LogP contribution in [0.2, 0.25) is 0 Å². The topological polar surface area (TPSA) is 88.5 Å². The van der Waals surface area contributed by atoms with Crippen LogP contribution in [0.3, 0.4) is 0 Å². The van der Waals surface area contributed by atoms with E-state index in [-0.39, 0.29) is 18.9 Å². The summed E-state index contributed by atoms with van der Waals surface area (Å²) < 4.78 is 6.81. The first kappa shape index (κ1) is 20.7. The van der Waals surface area contributed by atoms with E-state index in [1.165, 1.54) is 0 Å². The second-order valence-electron chi connectivity index (χ2n) is 6.05. The molecule has 8 nitrogen and oxygen atoms in total. The predicted molar refractivity (Wildman–Crippen MR) is 106 cm³/mol. The van der Waals surface area contributed by atoms with E-state index in [0.29, 0.717) is 12.6 Å². The maximum atomic E-state index is 12.3. The molecule has 8 heteroatoms. The van der Waals surface area contributed by atoms with Gasteiger partial charge < -0.3 is 19.5 Å². The van der Waals surface area contributed by atoms with Gasteiger partial charge in [-0.05, 0) is 32.1 Å². The SMILES string of the molecule is CCOC(=O)NCCC(=O)Nc1nc2ccccc2n1CCN(CC)CC. The lowest BCUT2D eigenvalue weighted by molar-refractivity contribution is -0.116. The number of alkyl carbamates (subject to hydrolysis) is 1. The van der Waals surface area contributed by atoms with Gasteiger partial charge in [0.1, 0.15) is 0 Å². The molecule has 0 unspecified atom stereocenters. The van der Waals surface area contributed by atoms with E-state index in [4.69, 9.17) is 4.74 Å². The Balaban J connectivity index is 2.04. The van der Waals surface area contributed by atoms with Crippen LogP contribution in [0.1, 0.15) is 27.2 Å². The zero-order valence-electron chi connectivity index (χ0n) is 16.3.